The molecule has 1 aliphatic heterocycles. The van der Waals surface area contributed by atoms with Crippen LogP contribution in [0, 0.1) is 0 Å². The fourth-order valence-electron chi connectivity index (χ4n) is 5.18. The Kier molecular flexibility index (Phi) is 6.10. The number of aromatic hydroxyl groups is 1. The number of nitrogens with zero attached hydrogens (tertiary/aromatic N) is 3. The third-order valence-electron chi connectivity index (χ3n) is 7.14. The summed E-state index contributed by atoms with van der Waals surface area (Å²) in [5.41, 5.74) is 7.21. The van der Waals surface area contributed by atoms with Crippen molar-refractivity contribution < 1.29 is 14.6 Å². The molecule has 182 valence electrons. The zero-order valence-electron chi connectivity index (χ0n) is 20.7. The standard InChI is InChI=1S/C30H29N3O3/c1-30(24-9-4-21(5-10-24)6-15-29(35)36-3)27-14-13-26(34)20-23(27)17-19-33(30)25-11-7-22(8-12-25)28-16-18-31-32(28)2/h4-16,18,20,34H,17,19H2,1-3H3/b15-6+. The van der Waals surface area contributed by atoms with Gasteiger partial charge in [-0.1, -0.05) is 42.5 Å². The number of aryl methyl sites for hydroxylation is 1. The topological polar surface area (TPSA) is 67.6 Å². The number of hydrogen-bond acceptors (Lipinski definition) is 5. The number of rotatable bonds is 5. The number of esters is 1. The average molecular weight is 480 g/mol. The lowest BCUT2D eigenvalue weighted by Crippen LogP contribution is -2.49. The largest absolute Gasteiger partial charge is 0.508 e. The molecule has 0 saturated heterocycles. The quantitative estimate of drug-likeness (QED) is 0.311. The van der Waals surface area contributed by atoms with Crippen LogP contribution in [0.4, 0.5) is 5.69 Å². The van der Waals surface area contributed by atoms with E-state index in [2.05, 4.69) is 53.3 Å². The number of carbonyl (C=O) groups is 1. The van der Waals surface area contributed by atoms with E-state index in [0.717, 1.165) is 46.6 Å². The van der Waals surface area contributed by atoms with Gasteiger partial charge in [0.25, 0.3) is 0 Å². The highest BCUT2D eigenvalue weighted by Crippen LogP contribution is 2.44. The lowest BCUT2D eigenvalue weighted by atomic mass is 9.76. The second-order valence-electron chi connectivity index (χ2n) is 9.18. The molecule has 0 spiro atoms. The molecule has 2 heterocycles. The molecule has 5 rings (SSSR count). The Hall–Kier alpha value is -4.32. The van der Waals surface area contributed by atoms with Crippen molar-refractivity contribution in [1.82, 2.24) is 9.78 Å². The summed E-state index contributed by atoms with van der Waals surface area (Å²) in [6.07, 6.45) is 5.81. The molecule has 1 N–H and O–H groups in total. The fraction of sp³-hybridized carbons (Fsp3) is 0.200. The van der Waals surface area contributed by atoms with Crippen LogP contribution in [0.3, 0.4) is 0 Å². The fourth-order valence-corrected chi connectivity index (χ4v) is 5.18. The average Bonchev–Trinajstić information content (AvgIpc) is 3.33. The molecule has 0 fully saturated rings. The molecule has 4 aromatic rings. The summed E-state index contributed by atoms with van der Waals surface area (Å²) in [7, 11) is 3.31. The minimum absolute atomic E-state index is 0.286. The Morgan fingerprint density at radius 1 is 1.06 bits per heavy atom. The zero-order chi connectivity index (χ0) is 25.3. The first-order valence-corrected chi connectivity index (χ1v) is 11.9. The van der Waals surface area contributed by atoms with Crippen LogP contribution in [0.15, 0.2) is 85.1 Å². The highest BCUT2D eigenvalue weighted by atomic mass is 16.5. The van der Waals surface area contributed by atoms with Crippen molar-refractivity contribution in [3.05, 3.63) is 107 Å². The van der Waals surface area contributed by atoms with E-state index in [4.69, 9.17) is 4.74 Å². The van der Waals surface area contributed by atoms with Crippen LogP contribution in [0.1, 0.15) is 29.2 Å². The zero-order valence-corrected chi connectivity index (χ0v) is 20.7. The van der Waals surface area contributed by atoms with E-state index >= 15 is 0 Å². The Morgan fingerprint density at radius 2 is 1.81 bits per heavy atom. The third kappa shape index (κ3) is 4.15. The van der Waals surface area contributed by atoms with Crippen molar-refractivity contribution >= 4 is 17.7 Å². The van der Waals surface area contributed by atoms with Gasteiger partial charge in [0.15, 0.2) is 0 Å². The van der Waals surface area contributed by atoms with Crippen LogP contribution in [-0.4, -0.2) is 34.5 Å². The van der Waals surface area contributed by atoms with Crippen molar-refractivity contribution in [2.45, 2.75) is 18.9 Å². The second kappa shape index (κ2) is 9.38. The summed E-state index contributed by atoms with van der Waals surface area (Å²) in [5.74, 6) is -0.0961. The molecule has 1 unspecified atom stereocenters. The maximum atomic E-state index is 11.5. The Morgan fingerprint density at radius 3 is 2.47 bits per heavy atom. The molecular formula is C30H29N3O3. The van der Waals surface area contributed by atoms with Gasteiger partial charge in [0.05, 0.1) is 18.3 Å². The maximum Gasteiger partial charge on any atom is 0.330 e. The lowest BCUT2D eigenvalue weighted by Gasteiger charge is -2.48. The Balaban J connectivity index is 1.56. The molecule has 1 aromatic heterocycles. The molecule has 6 heteroatoms. The van der Waals surface area contributed by atoms with Gasteiger partial charge >= 0.3 is 5.97 Å². The number of hydrogen-bond donors (Lipinski definition) is 1. The van der Waals surface area contributed by atoms with Crippen molar-refractivity contribution in [2.24, 2.45) is 7.05 Å². The third-order valence-corrected chi connectivity index (χ3v) is 7.14. The van der Waals surface area contributed by atoms with Crippen molar-refractivity contribution in [3.8, 4) is 17.0 Å². The van der Waals surface area contributed by atoms with E-state index in [-0.39, 0.29) is 11.7 Å². The predicted octanol–water partition coefficient (Wildman–Crippen LogP) is 5.31. The minimum atomic E-state index is -0.458. The highest BCUT2D eigenvalue weighted by molar-refractivity contribution is 5.86. The number of fused-ring (bicyclic) bond motifs is 1. The molecule has 0 saturated carbocycles. The van der Waals surface area contributed by atoms with Crippen molar-refractivity contribution in [2.75, 3.05) is 18.6 Å². The van der Waals surface area contributed by atoms with Crippen molar-refractivity contribution in [3.63, 3.8) is 0 Å². The molecule has 3 aromatic carbocycles. The van der Waals surface area contributed by atoms with E-state index in [1.165, 1.54) is 18.7 Å². The van der Waals surface area contributed by atoms with Crippen LogP contribution < -0.4 is 4.90 Å². The number of methoxy groups -OCH3 is 1. The van der Waals surface area contributed by atoms with E-state index in [1.54, 1.807) is 18.3 Å². The molecular weight excluding hydrogens is 450 g/mol. The number of anilines is 1. The summed E-state index contributed by atoms with van der Waals surface area (Å²) < 4.78 is 6.57. The molecule has 1 aliphatic rings. The number of phenols is 1. The monoisotopic (exact) mass is 479 g/mol. The van der Waals surface area contributed by atoms with Gasteiger partial charge in [-0.3, -0.25) is 4.68 Å². The highest BCUT2D eigenvalue weighted by Gasteiger charge is 2.40. The maximum absolute atomic E-state index is 11.5. The van der Waals surface area contributed by atoms with Gasteiger partial charge in [-0.05, 0) is 77.6 Å². The van der Waals surface area contributed by atoms with Gasteiger partial charge in [-0.15, -0.1) is 0 Å². The summed E-state index contributed by atoms with van der Waals surface area (Å²) in [5, 5.41) is 14.4. The second-order valence-corrected chi connectivity index (χ2v) is 9.18. The predicted molar refractivity (Wildman–Crippen MR) is 142 cm³/mol. The number of carbonyl (C=O) groups excluding carboxylic acids is 1. The van der Waals surface area contributed by atoms with Crippen LogP contribution in [0.2, 0.25) is 0 Å². The normalized spacial score (nSPS) is 17.2. The number of benzene rings is 3. The van der Waals surface area contributed by atoms with Gasteiger partial charge in [0.2, 0.25) is 0 Å². The van der Waals surface area contributed by atoms with E-state index in [0.29, 0.717) is 0 Å². The van der Waals surface area contributed by atoms with E-state index in [1.807, 2.05) is 42.1 Å². The molecule has 0 amide bonds. The van der Waals surface area contributed by atoms with E-state index < -0.39 is 5.54 Å². The summed E-state index contributed by atoms with van der Waals surface area (Å²) in [6.45, 7) is 3.04. The van der Waals surface area contributed by atoms with Crippen LogP contribution in [0.25, 0.3) is 17.3 Å². The molecule has 0 radical (unpaired) electrons. The lowest BCUT2D eigenvalue weighted by molar-refractivity contribution is -0.134. The van der Waals surface area contributed by atoms with Crippen molar-refractivity contribution in [1.29, 1.82) is 0 Å². The SMILES string of the molecule is COC(=O)/C=C/c1ccc(C2(C)c3ccc(O)cc3CCN2c2ccc(-c3ccnn3C)cc2)cc1. The van der Waals surface area contributed by atoms with Crippen LogP contribution in [-0.2, 0) is 28.5 Å². The smallest absolute Gasteiger partial charge is 0.330 e. The first-order chi connectivity index (χ1) is 17.4. The summed E-state index contributed by atoms with van der Waals surface area (Å²) in [4.78, 5) is 13.9. The van der Waals surface area contributed by atoms with Gasteiger partial charge < -0.3 is 14.7 Å². The number of aromatic nitrogens is 2. The Labute approximate surface area is 211 Å². The number of ether oxygens (including phenoxy) is 1. The van der Waals surface area contributed by atoms with E-state index in [9.17, 15) is 9.90 Å². The first kappa shape index (κ1) is 23.4. The van der Waals surface area contributed by atoms with Gasteiger partial charge in [-0.25, -0.2) is 4.79 Å². The molecule has 1 atom stereocenters. The van der Waals surface area contributed by atoms with Crippen LogP contribution in [0.5, 0.6) is 5.75 Å². The summed E-state index contributed by atoms with van der Waals surface area (Å²) in [6, 6.07) is 24.5. The summed E-state index contributed by atoms with van der Waals surface area (Å²) >= 11 is 0. The van der Waals surface area contributed by atoms with Gasteiger partial charge in [0, 0.05) is 31.6 Å². The minimum Gasteiger partial charge on any atom is -0.508 e. The first-order valence-electron chi connectivity index (χ1n) is 11.9. The Bertz CT molecular complexity index is 1420. The van der Waals surface area contributed by atoms with Crippen LogP contribution >= 0.6 is 0 Å². The van der Waals surface area contributed by atoms with Gasteiger partial charge in [-0.2, -0.15) is 5.10 Å². The van der Waals surface area contributed by atoms with Gasteiger partial charge in [0.1, 0.15) is 5.75 Å². The molecule has 0 aliphatic carbocycles. The number of phenolic OH excluding ortho intramolecular Hbond substituents is 1. The molecule has 0 bridgehead atoms. The molecule has 6 nitrogen and oxygen atoms in total. The molecule has 36 heavy (non-hydrogen) atoms.